The molecule has 1 heterocycles. The molecular formula is C21H25ClN2O3S. The van der Waals surface area contributed by atoms with Gasteiger partial charge in [-0.3, -0.25) is 4.79 Å². The van der Waals surface area contributed by atoms with Gasteiger partial charge >= 0.3 is 0 Å². The van der Waals surface area contributed by atoms with Gasteiger partial charge in [-0.15, -0.1) is 0 Å². The summed E-state index contributed by atoms with van der Waals surface area (Å²) in [5.41, 5.74) is 1.89. The molecule has 0 radical (unpaired) electrons. The molecule has 1 aliphatic heterocycles. The Morgan fingerprint density at radius 3 is 2.25 bits per heavy atom. The molecule has 150 valence electrons. The van der Waals surface area contributed by atoms with Crippen LogP contribution >= 0.6 is 11.6 Å². The van der Waals surface area contributed by atoms with Crippen molar-refractivity contribution < 1.29 is 13.2 Å². The zero-order valence-corrected chi connectivity index (χ0v) is 17.8. The van der Waals surface area contributed by atoms with Crippen LogP contribution in [0.1, 0.15) is 36.2 Å². The lowest BCUT2D eigenvalue weighted by atomic mass is 9.94. The summed E-state index contributed by atoms with van der Waals surface area (Å²) in [4.78, 5) is 12.7. The molecule has 0 aromatic heterocycles. The fourth-order valence-corrected chi connectivity index (χ4v) is 5.61. The van der Waals surface area contributed by atoms with Crippen LogP contribution in [0, 0.1) is 18.8 Å². The highest BCUT2D eigenvalue weighted by Crippen LogP contribution is 2.27. The van der Waals surface area contributed by atoms with Crippen molar-refractivity contribution in [1.29, 1.82) is 0 Å². The number of aryl methyl sites for hydroxylation is 1. The van der Waals surface area contributed by atoms with Crippen molar-refractivity contribution in [1.82, 2.24) is 4.31 Å². The van der Waals surface area contributed by atoms with Gasteiger partial charge in [0, 0.05) is 18.7 Å². The SMILES string of the molecule is Cc1ccc(NC(=O)c2ccc(S(=O)(=O)N3C[C@H](C)C[C@@H](C)C3)cc2)c(Cl)c1. The molecule has 1 N–H and O–H groups in total. The topological polar surface area (TPSA) is 66.5 Å². The second kappa shape index (κ2) is 8.23. The quantitative estimate of drug-likeness (QED) is 0.787. The lowest BCUT2D eigenvalue weighted by Gasteiger charge is -2.34. The summed E-state index contributed by atoms with van der Waals surface area (Å²) < 4.78 is 27.4. The zero-order valence-electron chi connectivity index (χ0n) is 16.3. The first-order chi connectivity index (χ1) is 13.2. The number of nitrogens with zero attached hydrogens (tertiary/aromatic N) is 1. The number of halogens is 1. The molecule has 1 amide bonds. The average molecular weight is 421 g/mol. The minimum atomic E-state index is -3.56. The van der Waals surface area contributed by atoms with Crippen molar-refractivity contribution >= 4 is 33.2 Å². The summed E-state index contributed by atoms with van der Waals surface area (Å²) in [6.45, 7) is 7.12. The highest BCUT2D eigenvalue weighted by atomic mass is 35.5. The van der Waals surface area contributed by atoms with E-state index in [-0.39, 0.29) is 10.8 Å². The third-order valence-corrected chi connectivity index (χ3v) is 7.12. The molecule has 2 aromatic carbocycles. The van der Waals surface area contributed by atoms with Crippen molar-refractivity contribution in [3.8, 4) is 0 Å². The monoisotopic (exact) mass is 420 g/mol. The summed E-state index contributed by atoms with van der Waals surface area (Å²) >= 11 is 6.16. The Morgan fingerprint density at radius 2 is 1.68 bits per heavy atom. The molecule has 5 nitrogen and oxygen atoms in total. The molecule has 0 unspecified atom stereocenters. The fraction of sp³-hybridized carbons (Fsp3) is 0.381. The maximum Gasteiger partial charge on any atom is 0.255 e. The molecular weight excluding hydrogens is 396 g/mol. The number of piperidine rings is 1. The van der Waals surface area contributed by atoms with Crippen LogP contribution in [0.2, 0.25) is 5.02 Å². The Kier molecular flexibility index (Phi) is 6.12. The third-order valence-electron chi connectivity index (χ3n) is 4.96. The first-order valence-corrected chi connectivity index (χ1v) is 11.2. The van der Waals surface area contributed by atoms with Crippen molar-refractivity contribution in [2.45, 2.75) is 32.1 Å². The van der Waals surface area contributed by atoms with Gasteiger partial charge in [-0.25, -0.2) is 8.42 Å². The van der Waals surface area contributed by atoms with Gasteiger partial charge in [0.2, 0.25) is 10.0 Å². The van der Waals surface area contributed by atoms with E-state index in [1.165, 1.54) is 24.3 Å². The second-order valence-electron chi connectivity index (χ2n) is 7.73. The van der Waals surface area contributed by atoms with E-state index in [4.69, 9.17) is 11.6 Å². The summed E-state index contributed by atoms with van der Waals surface area (Å²) in [7, 11) is -3.56. The largest absolute Gasteiger partial charge is 0.321 e. The minimum absolute atomic E-state index is 0.207. The first kappa shape index (κ1) is 20.8. The molecule has 2 aromatic rings. The van der Waals surface area contributed by atoms with Gasteiger partial charge in [0.15, 0.2) is 0 Å². The van der Waals surface area contributed by atoms with Gasteiger partial charge in [-0.2, -0.15) is 4.31 Å². The van der Waals surface area contributed by atoms with E-state index in [0.29, 0.717) is 41.2 Å². The summed E-state index contributed by atoms with van der Waals surface area (Å²) in [5.74, 6) is 0.334. The number of hydrogen-bond donors (Lipinski definition) is 1. The molecule has 0 saturated carbocycles. The van der Waals surface area contributed by atoms with Crippen molar-refractivity contribution in [2.75, 3.05) is 18.4 Å². The van der Waals surface area contributed by atoms with Crippen LogP contribution in [0.4, 0.5) is 5.69 Å². The lowest BCUT2D eigenvalue weighted by Crippen LogP contribution is -2.42. The van der Waals surface area contributed by atoms with Crippen LogP contribution in [0.15, 0.2) is 47.4 Å². The molecule has 1 fully saturated rings. The van der Waals surface area contributed by atoms with E-state index in [9.17, 15) is 13.2 Å². The van der Waals surface area contributed by atoms with E-state index in [0.717, 1.165) is 12.0 Å². The van der Waals surface area contributed by atoms with Crippen LogP contribution < -0.4 is 5.32 Å². The number of rotatable bonds is 4. The van der Waals surface area contributed by atoms with Gasteiger partial charge in [0.25, 0.3) is 5.91 Å². The third kappa shape index (κ3) is 4.57. The van der Waals surface area contributed by atoms with E-state index in [1.54, 1.807) is 16.4 Å². The number of amides is 1. The lowest BCUT2D eigenvalue weighted by molar-refractivity contribution is 0.102. The Morgan fingerprint density at radius 1 is 1.07 bits per heavy atom. The van der Waals surface area contributed by atoms with Crippen molar-refractivity contribution in [3.63, 3.8) is 0 Å². The number of nitrogens with one attached hydrogen (secondary N) is 1. The maximum atomic E-state index is 12.9. The van der Waals surface area contributed by atoms with Gasteiger partial charge in [0.1, 0.15) is 0 Å². The van der Waals surface area contributed by atoms with Crippen LogP contribution in [-0.4, -0.2) is 31.7 Å². The minimum Gasteiger partial charge on any atom is -0.321 e. The highest BCUT2D eigenvalue weighted by Gasteiger charge is 2.31. The van der Waals surface area contributed by atoms with E-state index in [1.807, 2.05) is 13.0 Å². The Labute approximate surface area is 171 Å². The molecule has 0 bridgehead atoms. The molecule has 0 spiro atoms. The summed E-state index contributed by atoms with van der Waals surface area (Å²) in [6, 6.07) is 11.4. The van der Waals surface area contributed by atoms with Crippen LogP contribution in [0.25, 0.3) is 0 Å². The zero-order chi connectivity index (χ0) is 20.5. The predicted molar refractivity (Wildman–Crippen MR) is 112 cm³/mol. The highest BCUT2D eigenvalue weighted by molar-refractivity contribution is 7.89. The molecule has 2 atom stereocenters. The van der Waals surface area contributed by atoms with Gasteiger partial charge in [-0.05, 0) is 67.1 Å². The summed E-state index contributed by atoms with van der Waals surface area (Å²) in [6.07, 6.45) is 1.03. The number of carbonyl (C=O) groups excluding carboxylic acids is 1. The first-order valence-electron chi connectivity index (χ1n) is 9.34. The van der Waals surface area contributed by atoms with Gasteiger partial charge in [0.05, 0.1) is 15.6 Å². The number of anilines is 1. The molecule has 0 aliphatic carbocycles. The smallest absolute Gasteiger partial charge is 0.255 e. The van der Waals surface area contributed by atoms with E-state index in [2.05, 4.69) is 19.2 Å². The number of benzene rings is 2. The van der Waals surface area contributed by atoms with E-state index >= 15 is 0 Å². The van der Waals surface area contributed by atoms with Gasteiger partial charge < -0.3 is 5.32 Å². The molecule has 28 heavy (non-hydrogen) atoms. The van der Waals surface area contributed by atoms with E-state index < -0.39 is 10.0 Å². The van der Waals surface area contributed by atoms with Crippen LogP contribution in [0.5, 0.6) is 0 Å². The molecule has 7 heteroatoms. The van der Waals surface area contributed by atoms with Crippen molar-refractivity contribution in [2.24, 2.45) is 11.8 Å². The number of hydrogen-bond acceptors (Lipinski definition) is 3. The molecule has 3 rings (SSSR count). The fourth-order valence-electron chi connectivity index (χ4n) is 3.65. The number of sulfonamides is 1. The summed E-state index contributed by atoms with van der Waals surface area (Å²) in [5, 5.41) is 3.22. The second-order valence-corrected chi connectivity index (χ2v) is 10.1. The van der Waals surface area contributed by atoms with Crippen LogP contribution in [0.3, 0.4) is 0 Å². The Hall–Kier alpha value is -1.89. The standard InChI is InChI=1S/C21H25ClN2O3S/c1-14-4-9-20(19(22)11-14)23-21(25)17-5-7-18(8-6-17)28(26,27)24-12-15(2)10-16(3)13-24/h4-9,11,15-16H,10,12-13H2,1-3H3,(H,23,25)/t15-,16-/m1/s1. The molecule has 1 aliphatic rings. The number of carbonyl (C=O) groups is 1. The Bertz CT molecular complexity index is 964. The van der Waals surface area contributed by atoms with Gasteiger partial charge in [-0.1, -0.05) is 31.5 Å². The van der Waals surface area contributed by atoms with Crippen molar-refractivity contribution in [3.05, 3.63) is 58.6 Å². The normalized spacial score (nSPS) is 20.7. The predicted octanol–water partition coefficient (Wildman–Crippen LogP) is 4.57. The van der Waals surface area contributed by atoms with Crippen LogP contribution in [-0.2, 0) is 10.0 Å². The average Bonchev–Trinajstić information content (AvgIpc) is 2.63. The molecule has 1 saturated heterocycles. The Balaban J connectivity index is 1.76. The maximum absolute atomic E-state index is 12.9.